The number of ether oxygens (including phenoxy) is 1. The van der Waals surface area contributed by atoms with Gasteiger partial charge in [-0.05, 0) is 42.7 Å². The number of piperazine rings is 1. The van der Waals surface area contributed by atoms with Crippen molar-refractivity contribution in [1.82, 2.24) is 14.9 Å². The molecule has 11 nitrogen and oxygen atoms in total. The molecule has 0 aliphatic carbocycles. The number of amides is 1. The van der Waals surface area contributed by atoms with Gasteiger partial charge >= 0.3 is 11.6 Å². The fraction of sp³-hybridized carbons (Fsp3) is 0.318. The van der Waals surface area contributed by atoms with Crippen LogP contribution in [0.5, 0.6) is 11.6 Å². The molecular weight excluding hydrogens is 430 g/mol. The minimum atomic E-state index is -0.555. The molecule has 0 bridgehead atoms. The van der Waals surface area contributed by atoms with E-state index < -0.39 is 4.92 Å². The number of hydrogen-bond donors (Lipinski definition) is 1. The van der Waals surface area contributed by atoms with Crippen LogP contribution in [0.4, 0.5) is 11.5 Å². The number of nitrogens with zero attached hydrogens (tertiary/aromatic N) is 5. The molecule has 2 aromatic heterocycles. The lowest BCUT2D eigenvalue weighted by molar-refractivity contribution is -0.385. The molecule has 1 saturated heterocycles. The second-order valence-corrected chi connectivity index (χ2v) is 7.44. The Kier molecular flexibility index (Phi) is 6.79. The number of aryl methyl sites for hydroxylation is 1. The molecule has 11 heteroatoms. The molecule has 0 spiro atoms. The highest BCUT2D eigenvalue weighted by molar-refractivity contribution is 5.91. The van der Waals surface area contributed by atoms with Crippen LogP contribution in [-0.2, 0) is 6.42 Å². The second-order valence-electron chi connectivity index (χ2n) is 7.44. The topological polar surface area (TPSA) is 135 Å². The smallest absolute Gasteiger partial charge is 0.373 e. The molecule has 4 rings (SSSR count). The number of carbonyl (C=O) groups is 1. The minimum Gasteiger partial charge on any atom is -0.459 e. The molecule has 1 aromatic carbocycles. The number of furan rings is 1. The first-order chi connectivity index (χ1) is 16.1. The molecule has 3 heterocycles. The van der Waals surface area contributed by atoms with E-state index in [0.29, 0.717) is 38.3 Å². The van der Waals surface area contributed by atoms with Gasteiger partial charge in [0.1, 0.15) is 12.1 Å². The van der Waals surface area contributed by atoms with Crippen molar-refractivity contribution in [2.75, 3.05) is 37.7 Å². The maximum Gasteiger partial charge on any atom is 0.373 e. The summed E-state index contributed by atoms with van der Waals surface area (Å²) in [6, 6.07) is 10.3. The van der Waals surface area contributed by atoms with Crippen LogP contribution in [0.15, 0.2) is 53.4 Å². The average molecular weight is 453 g/mol. The van der Waals surface area contributed by atoms with E-state index in [-0.39, 0.29) is 35.7 Å². The van der Waals surface area contributed by atoms with E-state index in [1.807, 2.05) is 12.1 Å². The maximum absolute atomic E-state index is 12.5. The summed E-state index contributed by atoms with van der Waals surface area (Å²) in [5.74, 6) is 0.444. The molecular formula is C22H23N5O6. The summed E-state index contributed by atoms with van der Waals surface area (Å²) in [5, 5.41) is 20.8. The van der Waals surface area contributed by atoms with E-state index in [0.717, 1.165) is 12.0 Å². The van der Waals surface area contributed by atoms with Crippen LogP contribution in [0.2, 0.25) is 0 Å². The standard InChI is InChI=1S/C22H23N5O6/c28-13-1-3-16-5-7-17(8-6-16)33-21-19(27(30)31)20(23-15-24-21)25-9-11-26(12-10-25)22(29)18-4-2-14-32-18/h2,4-8,14-15,28H,1,3,9-13H2. The Balaban J connectivity index is 1.49. The highest BCUT2D eigenvalue weighted by atomic mass is 16.6. The molecule has 1 amide bonds. The molecule has 33 heavy (non-hydrogen) atoms. The number of nitro groups is 1. The number of rotatable bonds is 8. The molecule has 1 fully saturated rings. The van der Waals surface area contributed by atoms with E-state index >= 15 is 0 Å². The number of aliphatic hydroxyl groups excluding tert-OH is 1. The minimum absolute atomic E-state index is 0.111. The Bertz CT molecular complexity index is 1090. The van der Waals surface area contributed by atoms with Crippen LogP contribution in [-0.4, -0.2) is 63.6 Å². The van der Waals surface area contributed by atoms with Crippen LogP contribution in [0.1, 0.15) is 22.5 Å². The summed E-state index contributed by atoms with van der Waals surface area (Å²) in [5.41, 5.74) is 0.698. The summed E-state index contributed by atoms with van der Waals surface area (Å²) in [4.78, 5) is 35.3. The van der Waals surface area contributed by atoms with Gasteiger partial charge in [0.25, 0.3) is 5.91 Å². The van der Waals surface area contributed by atoms with Crippen LogP contribution < -0.4 is 9.64 Å². The zero-order chi connectivity index (χ0) is 23.2. The summed E-state index contributed by atoms with van der Waals surface area (Å²) in [7, 11) is 0. The largest absolute Gasteiger partial charge is 0.459 e. The molecule has 1 aliphatic heterocycles. The SMILES string of the molecule is O=C(c1ccco1)N1CCN(c2ncnc(Oc3ccc(CCCO)cc3)c2[N+](=O)[O-])CC1. The Morgan fingerprint density at radius 3 is 2.55 bits per heavy atom. The lowest BCUT2D eigenvalue weighted by Crippen LogP contribution is -2.49. The van der Waals surface area contributed by atoms with Gasteiger partial charge in [-0.2, -0.15) is 4.98 Å². The number of anilines is 1. The Morgan fingerprint density at radius 2 is 1.91 bits per heavy atom. The molecule has 172 valence electrons. The second kappa shape index (κ2) is 10.1. The molecule has 0 unspecified atom stereocenters. The van der Waals surface area contributed by atoms with Gasteiger partial charge in [0.2, 0.25) is 5.82 Å². The van der Waals surface area contributed by atoms with Crippen molar-refractivity contribution in [2.24, 2.45) is 0 Å². The highest BCUT2D eigenvalue weighted by Crippen LogP contribution is 2.36. The van der Waals surface area contributed by atoms with Gasteiger partial charge in [-0.1, -0.05) is 12.1 Å². The van der Waals surface area contributed by atoms with E-state index in [1.165, 1.54) is 12.6 Å². The molecule has 1 aliphatic rings. The lowest BCUT2D eigenvalue weighted by atomic mass is 10.1. The van der Waals surface area contributed by atoms with Crippen LogP contribution in [0.25, 0.3) is 0 Å². The predicted molar refractivity (Wildman–Crippen MR) is 117 cm³/mol. The van der Waals surface area contributed by atoms with E-state index in [2.05, 4.69) is 9.97 Å². The third kappa shape index (κ3) is 5.09. The van der Waals surface area contributed by atoms with Crippen molar-refractivity contribution >= 4 is 17.4 Å². The van der Waals surface area contributed by atoms with Crippen molar-refractivity contribution in [3.8, 4) is 11.6 Å². The molecule has 0 atom stereocenters. The molecule has 0 saturated carbocycles. The number of benzene rings is 1. The van der Waals surface area contributed by atoms with Gasteiger partial charge in [-0.25, -0.2) is 4.98 Å². The molecule has 3 aromatic rings. The van der Waals surface area contributed by atoms with Crippen molar-refractivity contribution in [3.05, 3.63) is 70.4 Å². The van der Waals surface area contributed by atoms with Crippen LogP contribution in [0, 0.1) is 10.1 Å². The van der Waals surface area contributed by atoms with E-state index in [9.17, 15) is 14.9 Å². The first kappa shape index (κ1) is 22.2. The summed E-state index contributed by atoms with van der Waals surface area (Å²) in [6.45, 7) is 1.57. The van der Waals surface area contributed by atoms with Gasteiger partial charge < -0.3 is 24.1 Å². The Morgan fingerprint density at radius 1 is 1.15 bits per heavy atom. The first-order valence-electron chi connectivity index (χ1n) is 10.5. The highest BCUT2D eigenvalue weighted by Gasteiger charge is 2.32. The lowest BCUT2D eigenvalue weighted by Gasteiger charge is -2.34. The Hall–Kier alpha value is -3.99. The fourth-order valence-electron chi connectivity index (χ4n) is 3.62. The normalized spacial score (nSPS) is 13.7. The van der Waals surface area contributed by atoms with Crippen LogP contribution >= 0.6 is 0 Å². The van der Waals surface area contributed by atoms with Gasteiger partial charge in [0.15, 0.2) is 5.76 Å². The molecule has 0 radical (unpaired) electrons. The zero-order valence-electron chi connectivity index (χ0n) is 17.8. The third-order valence-corrected chi connectivity index (χ3v) is 5.31. The van der Waals surface area contributed by atoms with Gasteiger partial charge in [0, 0.05) is 32.8 Å². The fourth-order valence-corrected chi connectivity index (χ4v) is 3.62. The Labute approximate surface area is 189 Å². The van der Waals surface area contributed by atoms with Crippen molar-refractivity contribution in [3.63, 3.8) is 0 Å². The number of aromatic nitrogens is 2. The predicted octanol–water partition coefficient (Wildman–Crippen LogP) is 2.66. The van der Waals surface area contributed by atoms with Crippen molar-refractivity contribution in [1.29, 1.82) is 0 Å². The van der Waals surface area contributed by atoms with E-state index in [4.69, 9.17) is 14.3 Å². The van der Waals surface area contributed by atoms with Crippen molar-refractivity contribution < 1.29 is 24.0 Å². The summed E-state index contributed by atoms with van der Waals surface area (Å²) < 4.78 is 10.9. The van der Waals surface area contributed by atoms with Crippen molar-refractivity contribution in [2.45, 2.75) is 12.8 Å². The van der Waals surface area contributed by atoms with E-state index in [1.54, 1.807) is 34.1 Å². The third-order valence-electron chi connectivity index (χ3n) is 5.31. The number of hydrogen-bond acceptors (Lipinski definition) is 9. The number of carbonyl (C=O) groups excluding carboxylic acids is 1. The van der Waals surface area contributed by atoms with Gasteiger partial charge in [0.05, 0.1) is 11.2 Å². The van der Waals surface area contributed by atoms with Crippen LogP contribution in [0.3, 0.4) is 0 Å². The summed E-state index contributed by atoms with van der Waals surface area (Å²) >= 11 is 0. The maximum atomic E-state index is 12.5. The first-order valence-corrected chi connectivity index (χ1v) is 10.5. The average Bonchev–Trinajstić information content (AvgIpc) is 3.38. The summed E-state index contributed by atoms with van der Waals surface area (Å²) in [6.07, 6.45) is 4.05. The molecule has 1 N–H and O–H groups in total. The zero-order valence-corrected chi connectivity index (χ0v) is 17.8. The van der Waals surface area contributed by atoms with Gasteiger partial charge in [-0.3, -0.25) is 14.9 Å². The quantitative estimate of drug-likeness (QED) is 0.403. The monoisotopic (exact) mass is 453 g/mol. The number of aliphatic hydroxyl groups is 1. The van der Waals surface area contributed by atoms with Gasteiger partial charge in [-0.15, -0.1) is 0 Å².